The predicted molar refractivity (Wildman–Crippen MR) is 101 cm³/mol. The summed E-state index contributed by atoms with van der Waals surface area (Å²) in [6.45, 7) is 2.21. The van der Waals surface area contributed by atoms with Crippen molar-refractivity contribution >= 4 is 23.4 Å². The third-order valence-electron chi connectivity index (χ3n) is 4.93. The Hall–Kier alpha value is -2.57. The number of rotatable bonds is 7. The van der Waals surface area contributed by atoms with E-state index in [1.807, 2.05) is 24.3 Å². The molecular weight excluding hydrogens is 332 g/mol. The molecule has 0 atom stereocenters. The van der Waals surface area contributed by atoms with Crippen molar-refractivity contribution in [3.05, 3.63) is 29.8 Å². The van der Waals surface area contributed by atoms with Gasteiger partial charge in [0, 0.05) is 44.4 Å². The molecule has 0 spiro atoms. The van der Waals surface area contributed by atoms with E-state index >= 15 is 0 Å². The van der Waals surface area contributed by atoms with Crippen molar-refractivity contribution in [1.29, 1.82) is 5.41 Å². The van der Waals surface area contributed by atoms with Gasteiger partial charge in [-0.3, -0.25) is 15.0 Å². The molecule has 1 aromatic carbocycles. The quantitative estimate of drug-likeness (QED) is 0.437. The highest BCUT2D eigenvalue weighted by Gasteiger charge is 2.23. The van der Waals surface area contributed by atoms with E-state index < -0.39 is 0 Å². The van der Waals surface area contributed by atoms with E-state index in [1.54, 1.807) is 11.9 Å². The maximum Gasteiger partial charge on any atom is 0.307 e. The van der Waals surface area contributed by atoms with Gasteiger partial charge in [-0.1, -0.05) is 0 Å². The Morgan fingerprint density at radius 3 is 2.42 bits per heavy atom. The van der Waals surface area contributed by atoms with Crippen molar-refractivity contribution in [2.75, 3.05) is 38.7 Å². The average molecular weight is 360 g/mol. The van der Waals surface area contributed by atoms with Crippen LogP contribution in [0.1, 0.15) is 31.2 Å². The molecule has 0 radical (unpaired) electrons. The van der Waals surface area contributed by atoms with Gasteiger partial charge < -0.3 is 20.3 Å². The number of nitrogens with one attached hydrogen (secondary N) is 1. The summed E-state index contributed by atoms with van der Waals surface area (Å²) in [6.07, 6.45) is 2.68. The van der Waals surface area contributed by atoms with Gasteiger partial charge in [0.15, 0.2) is 0 Å². The maximum absolute atomic E-state index is 12.3. The number of nitrogen functional groups attached to an aromatic ring is 1. The van der Waals surface area contributed by atoms with Gasteiger partial charge in [-0.25, -0.2) is 0 Å². The number of nitrogens with zero attached hydrogens (tertiary/aromatic N) is 2. The molecule has 26 heavy (non-hydrogen) atoms. The number of hydrogen-bond acceptors (Lipinski definition) is 5. The van der Waals surface area contributed by atoms with Crippen molar-refractivity contribution in [2.45, 2.75) is 25.7 Å². The molecule has 0 saturated carbocycles. The lowest BCUT2D eigenvalue weighted by molar-refractivity contribution is -0.141. The number of nitrogens with two attached hydrogens (primary N) is 1. The average Bonchev–Trinajstić information content (AvgIpc) is 2.66. The second-order valence-electron chi connectivity index (χ2n) is 6.74. The zero-order valence-electron chi connectivity index (χ0n) is 15.5. The van der Waals surface area contributed by atoms with Crippen LogP contribution >= 0.6 is 0 Å². The number of esters is 1. The maximum atomic E-state index is 12.3. The van der Waals surface area contributed by atoms with Gasteiger partial charge in [0.05, 0.1) is 13.5 Å². The molecule has 1 saturated heterocycles. The highest BCUT2D eigenvalue weighted by Crippen LogP contribution is 2.26. The zero-order chi connectivity index (χ0) is 19.1. The Kier molecular flexibility index (Phi) is 7.00. The minimum absolute atomic E-state index is 0.0742. The molecular formula is C19H28N4O3. The van der Waals surface area contributed by atoms with Crippen LogP contribution in [0.25, 0.3) is 0 Å². The lowest BCUT2D eigenvalue weighted by Crippen LogP contribution is -2.36. The number of carbonyl (C=O) groups is 2. The summed E-state index contributed by atoms with van der Waals surface area (Å²) in [5, 5.41) is 7.44. The molecule has 0 aromatic heterocycles. The standard InChI is InChI=1S/C19H28N4O3/c1-22(10-9-18(25)26-2)17(24)13-14-7-11-23(12-8-14)16-5-3-15(4-6-16)19(20)21/h3-6,14H,7-13H2,1-2H3,(H3,20,21). The van der Waals surface area contributed by atoms with E-state index in [0.29, 0.717) is 18.9 Å². The third kappa shape index (κ3) is 5.47. The Balaban J connectivity index is 1.78. The summed E-state index contributed by atoms with van der Waals surface area (Å²) in [5.41, 5.74) is 7.33. The molecule has 1 aliphatic heterocycles. The van der Waals surface area contributed by atoms with Crippen LogP contribution in [0.4, 0.5) is 5.69 Å². The van der Waals surface area contributed by atoms with Gasteiger partial charge in [-0.15, -0.1) is 0 Å². The number of carbonyl (C=O) groups excluding carboxylic acids is 2. The first-order valence-electron chi connectivity index (χ1n) is 8.91. The summed E-state index contributed by atoms with van der Waals surface area (Å²) in [4.78, 5) is 27.4. The third-order valence-corrected chi connectivity index (χ3v) is 4.93. The second kappa shape index (κ2) is 9.22. The summed E-state index contributed by atoms with van der Waals surface area (Å²) in [6, 6.07) is 7.71. The monoisotopic (exact) mass is 360 g/mol. The Labute approximate surface area is 154 Å². The van der Waals surface area contributed by atoms with Gasteiger partial charge in [-0.05, 0) is 43.0 Å². The summed E-state index contributed by atoms with van der Waals surface area (Å²) in [5.74, 6) is 0.229. The molecule has 1 heterocycles. The van der Waals surface area contributed by atoms with E-state index in [2.05, 4.69) is 9.64 Å². The summed E-state index contributed by atoms with van der Waals surface area (Å²) in [7, 11) is 3.09. The fourth-order valence-corrected chi connectivity index (χ4v) is 3.14. The molecule has 0 unspecified atom stereocenters. The largest absolute Gasteiger partial charge is 0.469 e. The lowest BCUT2D eigenvalue weighted by atomic mass is 9.92. The molecule has 7 nitrogen and oxygen atoms in total. The number of benzene rings is 1. The van der Waals surface area contributed by atoms with Gasteiger partial charge in [0.1, 0.15) is 5.84 Å². The molecule has 142 valence electrons. The molecule has 7 heteroatoms. The van der Waals surface area contributed by atoms with Gasteiger partial charge in [0.25, 0.3) is 0 Å². The van der Waals surface area contributed by atoms with E-state index in [4.69, 9.17) is 11.1 Å². The molecule has 0 bridgehead atoms. The number of methoxy groups -OCH3 is 1. The lowest BCUT2D eigenvalue weighted by Gasteiger charge is -2.34. The van der Waals surface area contributed by atoms with E-state index in [1.165, 1.54) is 7.11 Å². The van der Waals surface area contributed by atoms with Crippen LogP contribution in [0.5, 0.6) is 0 Å². The van der Waals surface area contributed by atoms with E-state index in [0.717, 1.165) is 37.2 Å². The SMILES string of the molecule is COC(=O)CCN(C)C(=O)CC1CCN(c2ccc(C(=N)N)cc2)CC1. The van der Waals surface area contributed by atoms with Gasteiger partial charge in [-0.2, -0.15) is 0 Å². The Bertz CT molecular complexity index is 637. The summed E-state index contributed by atoms with van der Waals surface area (Å²) >= 11 is 0. The first-order valence-corrected chi connectivity index (χ1v) is 8.91. The molecule has 2 rings (SSSR count). The van der Waals surface area contributed by atoms with Crippen molar-refractivity contribution in [1.82, 2.24) is 4.90 Å². The zero-order valence-corrected chi connectivity index (χ0v) is 15.5. The van der Waals surface area contributed by atoms with Crippen molar-refractivity contribution in [2.24, 2.45) is 11.7 Å². The van der Waals surface area contributed by atoms with Crippen molar-refractivity contribution < 1.29 is 14.3 Å². The highest BCUT2D eigenvalue weighted by atomic mass is 16.5. The molecule has 1 fully saturated rings. The first-order chi connectivity index (χ1) is 12.4. The first kappa shape index (κ1) is 19.8. The number of ether oxygens (including phenoxy) is 1. The van der Waals surface area contributed by atoms with Crippen LogP contribution in [0.15, 0.2) is 24.3 Å². The number of piperidine rings is 1. The molecule has 1 amide bonds. The minimum atomic E-state index is -0.297. The van der Waals surface area contributed by atoms with E-state index in [9.17, 15) is 9.59 Å². The number of amidine groups is 1. The van der Waals surface area contributed by atoms with Crippen LogP contribution in [-0.4, -0.2) is 56.4 Å². The Morgan fingerprint density at radius 2 is 1.88 bits per heavy atom. The highest BCUT2D eigenvalue weighted by molar-refractivity contribution is 5.95. The van der Waals surface area contributed by atoms with Crippen LogP contribution in [-0.2, 0) is 14.3 Å². The number of amides is 1. The second-order valence-corrected chi connectivity index (χ2v) is 6.74. The number of hydrogen-bond donors (Lipinski definition) is 2. The van der Waals surface area contributed by atoms with Crippen LogP contribution in [0, 0.1) is 11.3 Å². The topological polar surface area (TPSA) is 99.7 Å². The molecule has 0 aliphatic carbocycles. The molecule has 1 aromatic rings. The van der Waals surface area contributed by atoms with Gasteiger partial charge in [0.2, 0.25) is 5.91 Å². The van der Waals surface area contributed by atoms with Crippen molar-refractivity contribution in [3.63, 3.8) is 0 Å². The van der Waals surface area contributed by atoms with Crippen LogP contribution in [0.2, 0.25) is 0 Å². The smallest absolute Gasteiger partial charge is 0.307 e. The van der Waals surface area contributed by atoms with Crippen LogP contribution in [0.3, 0.4) is 0 Å². The number of anilines is 1. The summed E-state index contributed by atoms with van der Waals surface area (Å²) < 4.78 is 4.60. The van der Waals surface area contributed by atoms with E-state index in [-0.39, 0.29) is 24.1 Å². The minimum Gasteiger partial charge on any atom is -0.469 e. The fraction of sp³-hybridized carbons (Fsp3) is 0.526. The van der Waals surface area contributed by atoms with Crippen molar-refractivity contribution in [3.8, 4) is 0 Å². The fourth-order valence-electron chi connectivity index (χ4n) is 3.14. The normalized spacial score (nSPS) is 14.8. The predicted octanol–water partition coefficient (Wildman–Crippen LogP) is 1.60. The molecule has 3 N–H and O–H groups in total. The van der Waals surface area contributed by atoms with Gasteiger partial charge >= 0.3 is 5.97 Å². The van der Waals surface area contributed by atoms with Crippen LogP contribution < -0.4 is 10.6 Å². The molecule has 1 aliphatic rings. The Morgan fingerprint density at radius 1 is 1.27 bits per heavy atom.